The number of benzene rings is 1. The first-order valence-electron chi connectivity index (χ1n) is 5.64. The van der Waals surface area contributed by atoms with Crippen LogP contribution in [0.2, 0.25) is 5.02 Å². The molecule has 0 atom stereocenters. The highest BCUT2D eigenvalue weighted by Crippen LogP contribution is 2.23. The van der Waals surface area contributed by atoms with Crippen LogP contribution in [0.15, 0.2) is 39.2 Å². The van der Waals surface area contributed by atoms with E-state index < -0.39 is 16.7 Å². The molecule has 8 nitrogen and oxygen atoms in total. The third-order valence-electron chi connectivity index (χ3n) is 2.57. The maximum Gasteiger partial charge on any atom is 0.433 e. The van der Waals surface area contributed by atoms with Gasteiger partial charge in [-0.1, -0.05) is 11.6 Å². The predicted octanol–water partition coefficient (Wildman–Crippen LogP) is 3.23. The maximum atomic E-state index is 11.8. The van der Waals surface area contributed by atoms with Crippen molar-refractivity contribution in [2.24, 2.45) is 0 Å². The summed E-state index contributed by atoms with van der Waals surface area (Å²) in [4.78, 5) is 25.6. The molecule has 21 heavy (non-hydrogen) atoms. The minimum atomic E-state index is -0.738. The Morgan fingerprint density at radius 3 is 2.81 bits per heavy atom. The lowest BCUT2D eigenvalue weighted by Gasteiger charge is -1.95. The molecule has 0 bridgehead atoms. The van der Waals surface area contributed by atoms with Crippen molar-refractivity contribution in [1.29, 1.82) is 0 Å². The number of carbonyl (C=O) groups excluding carboxylic acids is 1. The number of rotatable bonds is 3. The summed E-state index contributed by atoms with van der Waals surface area (Å²) in [5.74, 6) is -1.45. The molecule has 0 aliphatic rings. The standard InChI is InChI=1S/C12H6ClN3O5/c13-6-1-2-8-7(5-6)14-12(21-8)15-11(17)9-3-4-10(20-9)16(18)19/h1-5H,(H,14,15,17). The molecule has 0 unspecified atom stereocenters. The van der Waals surface area contributed by atoms with Crippen LogP contribution in [0.4, 0.5) is 11.9 Å². The van der Waals surface area contributed by atoms with Crippen molar-refractivity contribution in [3.8, 4) is 0 Å². The van der Waals surface area contributed by atoms with Crippen LogP contribution in [0.25, 0.3) is 11.1 Å². The maximum absolute atomic E-state index is 11.8. The molecule has 0 aliphatic heterocycles. The second kappa shape index (κ2) is 4.91. The van der Waals surface area contributed by atoms with Crippen molar-refractivity contribution in [3.05, 3.63) is 51.2 Å². The van der Waals surface area contributed by atoms with Gasteiger partial charge < -0.3 is 8.83 Å². The van der Waals surface area contributed by atoms with E-state index >= 15 is 0 Å². The Morgan fingerprint density at radius 1 is 1.29 bits per heavy atom. The molecular weight excluding hydrogens is 302 g/mol. The van der Waals surface area contributed by atoms with Crippen LogP contribution in [0.5, 0.6) is 0 Å². The van der Waals surface area contributed by atoms with Gasteiger partial charge in [0.15, 0.2) is 11.3 Å². The van der Waals surface area contributed by atoms with Crippen molar-refractivity contribution < 1.29 is 18.6 Å². The van der Waals surface area contributed by atoms with E-state index in [-0.39, 0.29) is 11.8 Å². The molecule has 1 aromatic carbocycles. The third-order valence-corrected chi connectivity index (χ3v) is 2.80. The summed E-state index contributed by atoms with van der Waals surface area (Å²) in [7, 11) is 0. The van der Waals surface area contributed by atoms with E-state index in [0.29, 0.717) is 16.1 Å². The van der Waals surface area contributed by atoms with E-state index in [1.165, 1.54) is 6.07 Å². The Labute approximate surface area is 121 Å². The van der Waals surface area contributed by atoms with Gasteiger partial charge >= 0.3 is 11.9 Å². The molecule has 0 spiro atoms. The average molecular weight is 308 g/mol. The van der Waals surface area contributed by atoms with E-state index in [0.717, 1.165) is 6.07 Å². The summed E-state index contributed by atoms with van der Waals surface area (Å²) >= 11 is 5.81. The molecular formula is C12H6ClN3O5. The van der Waals surface area contributed by atoms with Crippen LogP contribution in [-0.4, -0.2) is 15.8 Å². The topological polar surface area (TPSA) is 111 Å². The molecule has 0 radical (unpaired) electrons. The minimum Gasteiger partial charge on any atom is -0.423 e. The quantitative estimate of drug-likeness (QED) is 0.587. The molecule has 9 heteroatoms. The fourth-order valence-corrected chi connectivity index (χ4v) is 1.83. The lowest BCUT2D eigenvalue weighted by atomic mass is 10.3. The molecule has 2 aromatic heterocycles. The number of amides is 1. The molecule has 0 aliphatic carbocycles. The molecule has 1 amide bonds. The normalized spacial score (nSPS) is 10.7. The number of aromatic nitrogens is 1. The predicted molar refractivity (Wildman–Crippen MR) is 72.3 cm³/mol. The van der Waals surface area contributed by atoms with Crippen LogP contribution < -0.4 is 5.32 Å². The van der Waals surface area contributed by atoms with Crippen molar-refractivity contribution >= 4 is 40.5 Å². The van der Waals surface area contributed by atoms with Crippen LogP contribution in [0.3, 0.4) is 0 Å². The van der Waals surface area contributed by atoms with Gasteiger partial charge in [-0.2, -0.15) is 4.98 Å². The largest absolute Gasteiger partial charge is 0.433 e. The fourth-order valence-electron chi connectivity index (χ4n) is 1.66. The second-order valence-electron chi connectivity index (χ2n) is 3.98. The highest BCUT2D eigenvalue weighted by Gasteiger charge is 2.19. The average Bonchev–Trinajstić information content (AvgIpc) is 3.03. The molecule has 106 valence electrons. The zero-order valence-electron chi connectivity index (χ0n) is 10.2. The van der Waals surface area contributed by atoms with Crippen molar-refractivity contribution in [1.82, 2.24) is 4.98 Å². The first-order chi connectivity index (χ1) is 10.0. The van der Waals surface area contributed by atoms with Gasteiger partial charge in [-0.3, -0.25) is 20.2 Å². The molecule has 3 aromatic rings. The smallest absolute Gasteiger partial charge is 0.423 e. The number of furan rings is 1. The zero-order valence-corrected chi connectivity index (χ0v) is 11.0. The Balaban J connectivity index is 1.83. The number of nitrogens with zero attached hydrogens (tertiary/aromatic N) is 2. The van der Waals surface area contributed by atoms with Crippen LogP contribution in [0, 0.1) is 10.1 Å². The SMILES string of the molecule is O=C(Nc1nc2cc(Cl)ccc2o1)c1ccc([N+](=O)[O-])o1. The number of oxazole rings is 1. The van der Waals surface area contributed by atoms with Crippen molar-refractivity contribution in [2.45, 2.75) is 0 Å². The number of hydrogen-bond acceptors (Lipinski definition) is 6. The first-order valence-corrected chi connectivity index (χ1v) is 6.02. The summed E-state index contributed by atoms with van der Waals surface area (Å²) in [5.41, 5.74) is 0.920. The van der Waals surface area contributed by atoms with E-state index in [1.807, 2.05) is 0 Å². The van der Waals surface area contributed by atoms with Crippen molar-refractivity contribution in [3.63, 3.8) is 0 Å². The summed E-state index contributed by atoms with van der Waals surface area (Å²) in [5, 5.41) is 13.3. The van der Waals surface area contributed by atoms with Gasteiger partial charge in [0, 0.05) is 5.02 Å². The lowest BCUT2D eigenvalue weighted by Crippen LogP contribution is -2.10. The monoisotopic (exact) mass is 307 g/mol. The van der Waals surface area contributed by atoms with Crippen LogP contribution in [0.1, 0.15) is 10.6 Å². The second-order valence-corrected chi connectivity index (χ2v) is 4.42. The number of nitro groups is 1. The number of fused-ring (bicyclic) bond motifs is 1. The van der Waals surface area contributed by atoms with Gasteiger partial charge in [0.25, 0.3) is 5.91 Å². The lowest BCUT2D eigenvalue weighted by molar-refractivity contribution is -0.402. The fraction of sp³-hybridized carbons (Fsp3) is 0. The highest BCUT2D eigenvalue weighted by atomic mass is 35.5. The van der Waals surface area contributed by atoms with Gasteiger partial charge in [-0.15, -0.1) is 0 Å². The number of anilines is 1. The van der Waals surface area contributed by atoms with E-state index in [1.54, 1.807) is 18.2 Å². The number of hydrogen-bond donors (Lipinski definition) is 1. The summed E-state index contributed by atoms with van der Waals surface area (Å²) in [6, 6.07) is 7.02. The molecule has 3 rings (SSSR count). The Bertz CT molecular complexity index is 854. The van der Waals surface area contributed by atoms with Gasteiger partial charge in [0.1, 0.15) is 10.4 Å². The third kappa shape index (κ3) is 2.56. The molecule has 2 heterocycles. The van der Waals surface area contributed by atoms with E-state index in [4.69, 9.17) is 20.4 Å². The van der Waals surface area contributed by atoms with Gasteiger partial charge in [0.05, 0.1) is 6.07 Å². The van der Waals surface area contributed by atoms with Crippen LogP contribution >= 0.6 is 11.6 Å². The molecule has 0 saturated carbocycles. The van der Waals surface area contributed by atoms with Gasteiger partial charge in [-0.25, -0.2) is 0 Å². The summed E-state index contributed by atoms with van der Waals surface area (Å²) < 4.78 is 10.1. The number of carbonyl (C=O) groups is 1. The van der Waals surface area contributed by atoms with Crippen molar-refractivity contribution in [2.75, 3.05) is 5.32 Å². The van der Waals surface area contributed by atoms with E-state index in [2.05, 4.69) is 10.3 Å². The summed E-state index contributed by atoms with van der Waals surface area (Å²) in [6.45, 7) is 0. The first kappa shape index (κ1) is 13.1. The number of halogens is 1. The zero-order chi connectivity index (χ0) is 15.0. The molecule has 1 N–H and O–H groups in total. The Morgan fingerprint density at radius 2 is 2.10 bits per heavy atom. The molecule has 0 fully saturated rings. The van der Waals surface area contributed by atoms with Crippen LogP contribution in [-0.2, 0) is 0 Å². The summed E-state index contributed by atoms with van der Waals surface area (Å²) in [6.07, 6.45) is 0. The van der Waals surface area contributed by atoms with E-state index in [9.17, 15) is 14.9 Å². The minimum absolute atomic E-state index is 0.0590. The Kier molecular flexibility index (Phi) is 3.07. The highest BCUT2D eigenvalue weighted by molar-refractivity contribution is 6.31. The molecule has 0 saturated heterocycles. The van der Waals surface area contributed by atoms with Gasteiger partial charge in [-0.05, 0) is 24.3 Å². The van der Waals surface area contributed by atoms with Gasteiger partial charge in [0.2, 0.25) is 0 Å². The Hall–Kier alpha value is -2.87. The number of nitrogens with one attached hydrogen (secondary N) is 1.